The van der Waals surface area contributed by atoms with Gasteiger partial charge in [0.05, 0.1) is 4.92 Å². The standard InChI is InChI=1S/C17H14ClN5O3/c18-14-5-4-13(8-15(14)23(25)26)22-17(24)21-12-3-1-2-10(6-12)11-7-16(19)20-9-11/h1-6,8-9H,7H2,(H2,19,20)(H2,21,22,24). The maximum atomic E-state index is 12.2. The highest BCUT2D eigenvalue weighted by atomic mass is 35.5. The Morgan fingerprint density at radius 1 is 1.19 bits per heavy atom. The molecule has 2 aromatic carbocycles. The summed E-state index contributed by atoms with van der Waals surface area (Å²) in [7, 11) is 0. The number of nitro groups is 1. The summed E-state index contributed by atoms with van der Waals surface area (Å²) in [6, 6.07) is 10.7. The minimum Gasteiger partial charge on any atom is -0.387 e. The molecule has 1 heterocycles. The number of hydrogen-bond acceptors (Lipinski definition) is 5. The molecule has 1 aliphatic rings. The summed E-state index contributed by atoms with van der Waals surface area (Å²) in [5.41, 5.74) is 8.07. The fourth-order valence-electron chi connectivity index (χ4n) is 2.44. The first kappa shape index (κ1) is 17.4. The Balaban J connectivity index is 1.69. The second-order valence-electron chi connectivity index (χ2n) is 5.53. The van der Waals surface area contributed by atoms with Crippen LogP contribution in [-0.4, -0.2) is 16.8 Å². The zero-order valence-corrected chi connectivity index (χ0v) is 14.2. The van der Waals surface area contributed by atoms with Crippen molar-refractivity contribution in [3.05, 3.63) is 69.4 Å². The third-order valence-electron chi connectivity index (χ3n) is 3.65. The van der Waals surface area contributed by atoms with Crippen LogP contribution in [0.3, 0.4) is 0 Å². The SMILES string of the molecule is NC1=NC=C(c2cccc(NC(=O)Nc3ccc(Cl)c([N+](=O)[O-])c3)c2)C1. The van der Waals surface area contributed by atoms with E-state index < -0.39 is 11.0 Å². The van der Waals surface area contributed by atoms with Gasteiger partial charge in [0.2, 0.25) is 0 Å². The van der Waals surface area contributed by atoms with Crippen molar-refractivity contribution >= 4 is 46.1 Å². The molecule has 8 nitrogen and oxygen atoms in total. The summed E-state index contributed by atoms with van der Waals surface area (Å²) >= 11 is 5.75. The zero-order chi connectivity index (χ0) is 18.7. The third-order valence-corrected chi connectivity index (χ3v) is 3.97. The molecule has 2 aromatic rings. The van der Waals surface area contributed by atoms with Gasteiger partial charge in [-0.15, -0.1) is 0 Å². The molecule has 0 aliphatic carbocycles. The van der Waals surface area contributed by atoms with Gasteiger partial charge in [0.15, 0.2) is 0 Å². The Labute approximate surface area is 153 Å². The fraction of sp³-hybridized carbons (Fsp3) is 0.0588. The average Bonchev–Trinajstić information content (AvgIpc) is 3.03. The van der Waals surface area contributed by atoms with Crippen molar-refractivity contribution in [1.82, 2.24) is 0 Å². The minimum atomic E-state index is -0.613. The average molecular weight is 372 g/mol. The summed E-state index contributed by atoms with van der Waals surface area (Å²) in [6.07, 6.45) is 2.26. The van der Waals surface area contributed by atoms with Gasteiger partial charge in [0, 0.05) is 30.1 Å². The van der Waals surface area contributed by atoms with Gasteiger partial charge in [0.1, 0.15) is 10.9 Å². The smallest absolute Gasteiger partial charge is 0.323 e. The maximum absolute atomic E-state index is 12.2. The van der Waals surface area contributed by atoms with Crippen LogP contribution in [0.5, 0.6) is 0 Å². The quantitative estimate of drug-likeness (QED) is 0.555. The number of nitrogens with one attached hydrogen (secondary N) is 2. The number of aliphatic imine (C=N–C) groups is 1. The molecule has 0 atom stereocenters. The van der Waals surface area contributed by atoms with Crippen molar-refractivity contribution in [1.29, 1.82) is 0 Å². The first-order chi connectivity index (χ1) is 12.4. The Kier molecular flexibility index (Phi) is 4.85. The largest absolute Gasteiger partial charge is 0.387 e. The molecule has 26 heavy (non-hydrogen) atoms. The Morgan fingerprint density at radius 3 is 2.58 bits per heavy atom. The number of amides is 2. The lowest BCUT2D eigenvalue weighted by atomic mass is 10.0. The van der Waals surface area contributed by atoms with Crippen LogP contribution in [0.25, 0.3) is 5.57 Å². The predicted molar refractivity (Wildman–Crippen MR) is 101 cm³/mol. The lowest BCUT2D eigenvalue weighted by molar-refractivity contribution is -0.384. The summed E-state index contributed by atoms with van der Waals surface area (Å²) in [4.78, 5) is 26.5. The van der Waals surface area contributed by atoms with Gasteiger partial charge in [0.25, 0.3) is 5.69 Å². The molecule has 0 saturated heterocycles. The van der Waals surface area contributed by atoms with Crippen LogP contribution in [0.2, 0.25) is 5.02 Å². The van der Waals surface area contributed by atoms with Gasteiger partial charge in [-0.25, -0.2) is 9.79 Å². The first-order valence-electron chi connectivity index (χ1n) is 7.56. The molecule has 0 saturated carbocycles. The second-order valence-corrected chi connectivity index (χ2v) is 5.94. The van der Waals surface area contributed by atoms with E-state index in [1.54, 1.807) is 24.4 Å². The highest BCUT2D eigenvalue weighted by molar-refractivity contribution is 6.32. The number of halogens is 1. The molecular weight excluding hydrogens is 358 g/mol. The molecule has 0 unspecified atom stereocenters. The molecule has 4 N–H and O–H groups in total. The van der Waals surface area contributed by atoms with E-state index in [9.17, 15) is 14.9 Å². The minimum absolute atomic E-state index is 0.00000955. The highest BCUT2D eigenvalue weighted by Gasteiger charge is 2.14. The number of nitro benzene ring substituents is 1. The van der Waals surface area contributed by atoms with E-state index in [-0.39, 0.29) is 16.4 Å². The van der Waals surface area contributed by atoms with Crippen LogP contribution in [0.15, 0.2) is 53.7 Å². The van der Waals surface area contributed by atoms with Gasteiger partial charge < -0.3 is 16.4 Å². The number of carbonyl (C=O) groups excluding carboxylic acids is 1. The number of nitrogens with two attached hydrogens (primary N) is 1. The van der Waals surface area contributed by atoms with Crippen molar-refractivity contribution in [2.24, 2.45) is 10.7 Å². The Hall–Kier alpha value is -3.39. The van der Waals surface area contributed by atoms with Crippen LogP contribution in [0.1, 0.15) is 12.0 Å². The number of urea groups is 1. The molecule has 1 aliphatic heterocycles. The van der Waals surface area contributed by atoms with E-state index in [2.05, 4.69) is 15.6 Å². The van der Waals surface area contributed by atoms with Gasteiger partial charge in [-0.05, 0) is 35.4 Å². The molecule has 0 fully saturated rings. The van der Waals surface area contributed by atoms with Crippen LogP contribution < -0.4 is 16.4 Å². The van der Waals surface area contributed by atoms with Crippen LogP contribution >= 0.6 is 11.6 Å². The zero-order valence-electron chi connectivity index (χ0n) is 13.4. The van der Waals surface area contributed by atoms with Crippen molar-refractivity contribution in [3.8, 4) is 0 Å². The van der Waals surface area contributed by atoms with E-state index in [4.69, 9.17) is 17.3 Å². The number of benzene rings is 2. The lowest BCUT2D eigenvalue weighted by Gasteiger charge is -2.10. The van der Waals surface area contributed by atoms with Crippen LogP contribution in [0, 0.1) is 10.1 Å². The number of rotatable bonds is 4. The van der Waals surface area contributed by atoms with Gasteiger partial charge in [-0.1, -0.05) is 23.7 Å². The number of anilines is 2. The molecule has 9 heteroatoms. The maximum Gasteiger partial charge on any atom is 0.323 e. The summed E-state index contributed by atoms with van der Waals surface area (Å²) < 4.78 is 0. The van der Waals surface area contributed by atoms with Crippen molar-refractivity contribution in [2.75, 3.05) is 10.6 Å². The molecular formula is C17H14ClN5O3. The number of carbonyl (C=O) groups is 1. The Morgan fingerprint density at radius 2 is 1.92 bits per heavy atom. The van der Waals surface area contributed by atoms with Crippen molar-refractivity contribution in [2.45, 2.75) is 6.42 Å². The van der Waals surface area contributed by atoms with Crippen LogP contribution in [0.4, 0.5) is 21.9 Å². The van der Waals surface area contributed by atoms with Crippen molar-refractivity contribution in [3.63, 3.8) is 0 Å². The van der Waals surface area contributed by atoms with Gasteiger partial charge >= 0.3 is 6.03 Å². The lowest BCUT2D eigenvalue weighted by Crippen LogP contribution is -2.19. The second kappa shape index (κ2) is 7.24. The van der Waals surface area contributed by atoms with Gasteiger partial charge in [-0.3, -0.25) is 10.1 Å². The van der Waals surface area contributed by atoms with E-state index in [1.807, 2.05) is 6.07 Å². The normalized spacial score (nSPS) is 13.0. The molecule has 0 aromatic heterocycles. The Bertz CT molecular complexity index is 955. The third kappa shape index (κ3) is 3.98. The molecule has 132 valence electrons. The molecule has 0 spiro atoms. The number of hydrogen-bond donors (Lipinski definition) is 3. The van der Waals surface area contributed by atoms with E-state index in [0.717, 1.165) is 11.1 Å². The first-order valence-corrected chi connectivity index (χ1v) is 7.94. The number of amidine groups is 1. The fourth-order valence-corrected chi connectivity index (χ4v) is 2.63. The molecule has 3 rings (SSSR count). The van der Waals surface area contributed by atoms with E-state index in [1.165, 1.54) is 18.2 Å². The summed E-state index contributed by atoms with van der Waals surface area (Å²) in [6.45, 7) is 0. The van der Waals surface area contributed by atoms with Crippen molar-refractivity contribution < 1.29 is 9.72 Å². The summed E-state index contributed by atoms with van der Waals surface area (Å²) in [5, 5.41) is 16.1. The predicted octanol–water partition coefficient (Wildman–Crippen LogP) is 3.99. The van der Waals surface area contributed by atoms with Crippen LogP contribution in [-0.2, 0) is 0 Å². The van der Waals surface area contributed by atoms with E-state index in [0.29, 0.717) is 17.9 Å². The topological polar surface area (TPSA) is 123 Å². The van der Waals surface area contributed by atoms with E-state index >= 15 is 0 Å². The monoisotopic (exact) mass is 371 g/mol. The summed E-state index contributed by atoms with van der Waals surface area (Å²) in [5.74, 6) is 0.542. The molecule has 0 radical (unpaired) electrons. The molecule has 0 bridgehead atoms. The van der Waals surface area contributed by atoms with Gasteiger partial charge in [-0.2, -0.15) is 0 Å². The number of nitrogens with zero attached hydrogens (tertiary/aromatic N) is 2. The molecule has 2 amide bonds. The highest BCUT2D eigenvalue weighted by Crippen LogP contribution is 2.28.